The number of halogens is 1. The highest BCUT2D eigenvalue weighted by Gasteiger charge is 2.14. The van der Waals surface area contributed by atoms with Crippen LogP contribution >= 0.6 is 11.6 Å². The van der Waals surface area contributed by atoms with Gasteiger partial charge in [-0.1, -0.05) is 25.7 Å². The van der Waals surface area contributed by atoms with Crippen LogP contribution in [0, 0.1) is 12.8 Å². The van der Waals surface area contributed by atoms with Gasteiger partial charge in [0.1, 0.15) is 5.82 Å². The summed E-state index contributed by atoms with van der Waals surface area (Å²) in [4.78, 5) is 8.12. The number of nitrogens with one attached hydrogen (secondary N) is 1. The molecule has 1 saturated carbocycles. The number of anilines is 1. The molecule has 0 atom stereocenters. The molecule has 88 valence electrons. The van der Waals surface area contributed by atoms with Crippen LogP contribution in [-0.2, 0) is 0 Å². The van der Waals surface area contributed by atoms with Gasteiger partial charge in [-0.15, -0.1) is 0 Å². The molecular formula is C12H18ClN3. The molecule has 0 aromatic carbocycles. The summed E-state index contributed by atoms with van der Waals surface area (Å²) in [7, 11) is 0. The second-order valence-electron chi connectivity index (χ2n) is 4.54. The van der Waals surface area contributed by atoms with Gasteiger partial charge in [-0.3, -0.25) is 0 Å². The van der Waals surface area contributed by atoms with Gasteiger partial charge in [0.25, 0.3) is 0 Å². The van der Waals surface area contributed by atoms with E-state index in [-0.39, 0.29) is 0 Å². The zero-order chi connectivity index (χ0) is 11.4. The summed E-state index contributed by atoms with van der Waals surface area (Å²) in [6, 6.07) is 0. The first kappa shape index (κ1) is 11.6. The molecule has 0 unspecified atom stereocenters. The van der Waals surface area contributed by atoms with Crippen molar-refractivity contribution in [2.24, 2.45) is 5.92 Å². The Bertz CT molecular complexity index is 348. The van der Waals surface area contributed by atoms with Crippen molar-refractivity contribution in [1.29, 1.82) is 0 Å². The first-order valence-electron chi connectivity index (χ1n) is 5.98. The summed E-state index contributed by atoms with van der Waals surface area (Å²) in [5.74, 6) is 1.78. The molecular weight excluding hydrogens is 222 g/mol. The Kier molecular flexibility index (Phi) is 3.99. The lowest BCUT2D eigenvalue weighted by Crippen LogP contribution is -2.09. The number of aryl methyl sites for hydroxylation is 1. The summed E-state index contributed by atoms with van der Waals surface area (Å²) in [5, 5.41) is 3.66. The van der Waals surface area contributed by atoms with Crippen LogP contribution in [0.5, 0.6) is 0 Å². The quantitative estimate of drug-likeness (QED) is 0.818. The molecule has 16 heavy (non-hydrogen) atoms. The predicted molar refractivity (Wildman–Crippen MR) is 66.8 cm³/mol. The van der Waals surface area contributed by atoms with Crippen molar-refractivity contribution in [1.82, 2.24) is 9.97 Å². The minimum absolute atomic E-state index is 0.314. The predicted octanol–water partition coefficient (Wildman–Crippen LogP) is 3.43. The highest BCUT2D eigenvalue weighted by molar-refractivity contribution is 6.28. The van der Waals surface area contributed by atoms with Gasteiger partial charge in [0.05, 0.1) is 0 Å². The smallest absolute Gasteiger partial charge is 0.224 e. The van der Waals surface area contributed by atoms with E-state index in [0.29, 0.717) is 5.28 Å². The average Bonchev–Trinajstić information content (AvgIpc) is 2.76. The third kappa shape index (κ3) is 3.08. The summed E-state index contributed by atoms with van der Waals surface area (Å²) >= 11 is 5.76. The normalized spacial score (nSPS) is 16.6. The molecule has 0 saturated heterocycles. The second kappa shape index (κ2) is 5.48. The van der Waals surface area contributed by atoms with Gasteiger partial charge >= 0.3 is 0 Å². The van der Waals surface area contributed by atoms with Crippen molar-refractivity contribution in [3.63, 3.8) is 0 Å². The monoisotopic (exact) mass is 239 g/mol. The number of aromatic nitrogens is 2. The van der Waals surface area contributed by atoms with E-state index in [2.05, 4.69) is 15.3 Å². The van der Waals surface area contributed by atoms with Crippen molar-refractivity contribution in [3.05, 3.63) is 17.0 Å². The number of hydrogen-bond acceptors (Lipinski definition) is 3. The van der Waals surface area contributed by atoms with Crippen LogP contribution in [0.25, 0.3) is 0 Å². The Morgan fingerprint density at radius 1 is 1.44 bits per heavy atom. The van der Waals surface area contributed by atoms with E-state index < -0.39 is 0 Å². The lowest BCUT2D eigenvalue weighted by molar-refractivity contribution is 0.518. The largest absolute Gasteiger partial charge is 0.370 e. The van der Waals surface area contributed by atoms with E-state index in [1.165, 1.54) is 32.1 Å². The third-order valence-corrected chi connectivity index (χ3v) is 3.44. The van der Waals surface area contributed by atoms with Gasteiger partial charge in [-0.2, -0.15) is 0 Å². The third-order valence-electron chi connectivity index (χ3n) is 3.26. The molecule has 1 fully saturated rings. The van der Waals surface area contributed by atoms with E-state index in [0.717, 1.165) is 23.8 Å². The first-order chi connectivity index (χ1) is 7.75. The maximum Gasteiger partial charge on any atom is 0.224 e. The molecule has 1 aliphatic carbocycles. The molecule has 0 radical (unpaired) electrons. The van der Waals surface area contributed by atoms with Gasteiger partial charge < -0.3 is 5.32 Å². The fourth-order valence-electron chi connectivity index (χ4n) is 2.29. The fraction of sp³-hybridized carbons (Fsp3) is 0.667. The summed E-state index contributed by atoms with van der Waals surface area (Å²) in [5.41, 5.74) is 1.05. The van der Waals surface area contributed by atoms with Gasteiger partial charge in [0.2, 0.25) is 5.28 Å². The van der Waals surface area contributed by atoms with Crippen LogP contribution in [0.1, 0.15) is 37.7 Å². The highest BCUT2D eigenvalue weighted by atomic mass is 35.5. The van der Waals surface area contributed by atoms with E-state index in [9.17, 15) is 0 Å². The molecule has 1 heterocycles. The molecule has 0 bridgehead atoms. The molecule has 1 aromatic heterocycles. The number of hydrogen-bond donors (Lipinski definition) is 1. The molecule has 0 amide bonds. The van der Waals surface area contributed by atoms with Crippen LogP contribution in [-0.4, -0.2) is 16.5 Å². The highest BCUT2D eigenvalue weighted by Crippen LogP contribution is 2.27. The van der Waals surface area contributed by atoms with Crippen LogP contribution in [0.4, 0.5) is 5.82 Å². The molecule has 0 aliphatic heterocycles. The van der Waals surface area contributed by atoms with Crippen molar-refractivity contribution in [2.75, 3.05) is 11.9 Å². The number of nitrogens with zero attached hydrogens (tertiary/aromatic N) is 2. The zero-order valence-electron chi connectivity index (χ0n) is 9.67. The summed E-state index contributed by atoms with van der Waals surface area (Å²) < 4.78 is 0. The van der Waals surface area contributed by atoms with E-state index in [1.807, 2.05) is 6.92 Å². The summed E-state index contributed by atoms with van der Waals surface area (Å²) in [6.45, 7) is 2.98. The maximum atomic E-state index is 5.76. The van der Waals surface area contributed by atoms with Crippen molar-refractivity contribution >= 4 is 17.4 Å². The van der Waals surface area contributed by atoms with Crippen LogP contribution in [0.2, 0.25) is 5.28 Å². The molecule has 0 spiro atoms. The zero-order valence-corrected chi connectivity index (χ0v) is 10.4. The van der Waals surface area contributed by atoms with Gasteiger partial charge in [-0.05, 0) is 30.9 Å². The Labute approximate surface area is 102 Å². The van der Waals surface area contributed by atoms with E-state index in [1.54, 1.807) is 6.20 Å². The maximum absolute atomic E-state index is 5.76. The average molecular weight is 240 g/mol. The molecule has 1 aromatic rings. The molecule has 3 nitrogen and oxygen atoms in total. The van der Waals surface area contributed by atoms with Gasteiger partial charge in [0.15, 0.2) is 0 Å². The van der Waals surface area contributed by atoms with Crippen molar-refractivity contribution in [3.8, 4) is 0 Å². The minimum Gasteiger partial charge on any atom is -0.370 e. The molecule has 4 heteroatoms. The van der Waals surface area contributed by atoms with Crippen molar-refractivity contribution in [2.45, 2.75) is 39.0 Å². The van der Waals surface area contributed by atoms with Crippen molar-refractivity contribution < 1.29 is 0 Å². The van der Waals surface area contributed by atoms with E-state index in [4.69, 9.17) is 11.6 Å². The fourth-order valence-corrected chi connectivity index (χ4v) is 2.43. The molecule has 1 N–H and O–H groups in total. The Morgan fingerprint density at radius 3 is 2.94 bits per heavy atom. The SMILES string of the molecule is Cc1cnc(Cl)nc1NCCC1CCCC1. The van der Waals surface area contributed by atoms with Crippen LogP contribution in [0.15, 0.2) is 6.20 Å². The summed E-state index contributed by atoms with van der Waals surface area (Å²) in [6.07, 6.45) is 8.59. The Morgan fingerprint density at radius 2 is 2.19 bits per heavy atom. The van der Waals surface area contributed by atoms with Crippen LogP contribution < -0.4 is 5.32 Å². The second-order valence-corrected chi connectivity index (χ2v) is 4.87. The standard InChI is InChI=1S/C12H18ClN3/c1-9-8-15-12(13)16-11(9)14-7-6-10-4-2-3-5-10/h8,10H,2-7H2,1H3,(H,14,15,16). The molecule has 1 aliphatic rings. The lowest BCUT2D eigenvalue weighted by atomic mass is 10.0. The van der Waals surface area contributed by atoms with Gasteiger partial charge in [-0.25, -0.2) is 9.97 Å². The van der Waals surface area contributed by atoms with Crippen LogP contribution in [0.3, 0.4) is 0 Å². The first-order valence-corrected chi connectivity index (χ1v) is 6.36. The molecule has 2 rings (SSSR count). The Hall–Kier alpha value is -0.830. The van der Waals surface area contributed by atoms with E-state index >= 15 is 0 Å². The minimum atomic E-state index is 0.314. The topological polar surface area (TPSA) is 37.8 Å². The van der Waals surface area contributed by atoms with Gasteiger partial charge in [0, 0.05) is 18.3 Å². The lowest BCUT2D eigenvalue weighted by Gasteiger charge is -2.11. The Balaban J connectivity index is 1.82. The number of rotatable bonds is 4.